The largest absolute Gasteiger partial charge is 0.465 e. The second-order valence-corrected chi connectivity index (χ2v) is 5.86. The Labute approximate surface area is 153 Å². The van der Waals surface area contributed by atoms with Gasteiger partial charge in [-0.2, -0.15) is 0 Å². The maximum Gasteiger partial charge on any atom is 0.406 e. The van der Waals surface area contributed by atoms with Crippen LogP contribution in [0.5, 0.6) is 0 Å². The van der Waals surface area contributed by atoms with Gasteiger partial charge in [0.25, 0.3) is 0 Å². The van der Waals surface area contributed by atoms with Gasteiger partial charge >= 0.3 is 6.09 Å². The van der Waals surface area contributed by atoms with Gasteiger partial charge in [-0.3, -0.25) is 14.4 Å². The Kier molecular flexibility index (Phi) is 10.5. The highest BCUT2D eigenvalue weighted by atomic mass is 16.7. The molecule has 8 heteroatoms. The van der Waals surface area contributed by atoms with Gasteiger partial charge in [-0.25, -0.2) is 9.86 Å². The van der Waals surface area contributed by atoms with Crippen LogP contribution in [0.25, 0.3) is 0 Å². The maximum atomic E-state index is 12.3. The van der Waals surface area contributed by atoms with E-state index in [9.17, 15) is 14.4 Å². The summed E-state index contributed by atoms with van der Waals surface area (Å²) < 4.78 is 0. The number of benzene rings is 1. The topological polar surface area (TPSA) is 108 Å². The van der Waals surface area contributed by atoms with Gasteiger partial charge in [-0.15, -0.1) is 0 Å². The normalized spacial score (nSPS) is 11.4. The minimum atomic E-state index is -1.21. The zero-order valence-electron chi connectivity index (χ0n) is 15.0. The molecule has 0 saturated carbocycles. The van der Waals surface area contributed by atoms with Crippen molar-refractivity contribution in [2.45, 2.75) is 39.2 Å². The molecule has 8 nitrogen and oxygen atoms in total. The Morgan fingerprint density at radius 3 is 2.58 bits per heavy atom. The summed E-state index contributed by atoms with van der Waals surface area (Å²) in [4.78, 5) is 39.6. The molecule has 0 radical (unpaired) electrons. The molecule has 0 fully saturated rings. The quantitative estimate of drug-likeness (QED) is 0.215. The van der Waals surface area contributed by atoms with Crippen molar-refractivity contribution in [1.29, 1.82) is 0 Å². The lowest BCUT2D eigenvalue weighted by Crippen LogP contribution is -2.43. The van der Waals surface area contributed by atoms with E-state index in [0.717, 1.165) is 29.9 Å². The van der Waals surface area contributed by atoms with E-state index in [1.54, 1.807) is 0 Å². The average molecular weight is 365 g/mol. The molecule has 0 spiro atoms. The molecule has 1 unspecified atom stereocenters. The van der Waals surface area contributed by atoms with E-state index in [0.29, 0.717) is 12.8 Å². The molecule has 0 aliphatic heterocycles. The second kappa shape index (κ2) is 12.7. The smallest absolute Gasteiger partial charge is 0.406 e. The van der Waals surface area contributed by atoms with E-state index in [-0.39, 0.29) is 25.7 Å². The van der Waals surface area contributed by atoms with E-state index in [1.807, 2.05) is 30.3 Å². The number of nitrogens with one attached hydrogen (secondary N) is 2. The molecule has 3 amide bonds. The molecular formula is C18H27N3O5. The Bertz CT molecular complexity index is 553. The fraction of sp³-hybridized carbons (Fsp3) is 0.500. The molecule has 26 heavy (non-hydrogen) atoms. The third-order valence-electron chi connectivity index (χ3n) is 3.79. The first-order valence-corrected chi connectivity index (χ1v) is 8.70. The highest BCUT2D eigenvalue weighted by molar-refractivity contribution is 5.79. The van der Waals surface area contributed by atoms with Gasteiger partial charge in [0.2, 0.25) is 12.3 Å². The first-order valence-electron chi connectivity index (χ1n) is 8.70. The monoisotopic (exact) mass is 365 g/mol. The number of carbonyl (C=O) groups is 3. The number of amides is 3. The standard InChI is InChI=1S/C18H27N3O5/c1-2-3-5-10-16(17(23)19-13-20-18(24)25)11-21(14-22)26-12-15-8-6-4-7-9-15/h4,6-9,14,16,20H,2-3,5,10-13H2,1H3,(H,19,23)(H,24,25). The molecule has 1 rings (SSSR count). The Hall–Kier alpha value is -2.61. The predicted octanol–water partition coefficient (Wildman–Crippen LogP) is 2.11. The van der Waals surface area contributed by atoms with Gasteiger partial charge < -0.3 is 15.7 Å². The van der Waals surface area contributed by atoms with Gasteiger partial charge in [0.05, 0.1) is 19.1 Å². The van der Waals surface area contributed by atoms with Crippen LogP contribution in [0.15, 0.2) is 30.3 Å². The van der Waals surface area contributed by atoms with E-state index in [4.69, 9.17) is 9.94 Å². The lowest BCUT2D eigenvalue weighted by atomic mass is 10.0. The molecular weight excluding hydrogens is 338 g/mol. The van der Waals surface area contributed by atoms with Crippen molar-refractivity contribution in [1.82, 2.24) is 15.7 Å². The fourth-order valence-corrected chi connectivity index (χ4v) is 2.37. The van der Waals surface area contributed by atoms with Gasteiger partial charge in [-0.05, 0) is 12.0 Å². The first-order chi connectivity index (χ1) is 12.6. The van der Waals surface area contributed by atoms with Crippen LogP contribution in [0.3, 0.4) is 0 Å². The number of hydrogen-bond acceptors (Lipinski definition) is 4. The highest BCUT2D eigenvalue weighted by Gasteiger charge is 2.21. The van der Waals surface area contributed by atoms with Crippen LogP contribution in [-0.2, 0) is 21.0 Å². The molecule has 0 saturated heterocycles. The van der Waals surface area contributed by atoms with Crippen LogP contribution < -0.4 is 10.6 Å². The number of hydrogen-bond donors (Lipinski definition) is 3. The van der Waals surface area contributed by atoms with Gasteiger partial charge in [0.15, 0.2) is 0 Å². The molecule has 0 aliphatic rings. The number of rotatable bonds is 13. The SMILES string of the molecule is CCCCCC(CN(C=O)OCc1ccccc1)C(=O)NCNC(=O)O. The molecule has 0 heterocycles. The fourth-order valence-electron chi connectivity index (χ4n) is 2.37. The predicted molar refractivity (Wildman–Crippen MR) is 95.8 cm³/mol. The van der Waals surface area contributed by atoms with Crippen molar-refractivity contribution in [3.8, 4) is 0 Å². The van der Waals surface area contributed by atoms with Crippen LogP contribution >= 0.6 is 0 Å². The van der Waals surface area contributed by atoms with Crippen molar-refractivity contribution < 1.29 is 24.3 Å². The van der Waals surface area contributed by atoms with E-state index in [1.165, 1.54) is 0 Å². The third-order valence-corrected chi connectivity index (χ3v) is 3.79. The van der Waals surface area contributed by atoms with Gasteiger partial charge in [0, 0.05) is 0 Å². The molecule has 1 aromatic rings. The number of hydroxylamine groups is 2. The lowest BCUT2D eigenvalue weighted by molar-refractivity contribution is -0.182. The molecule has 1 atom stereocenters. The highest BCUT2D eigenvalue weighted by Crippen LogP contribution is 2.13. The van der Waals surface area contributed by atoms with E-state index >= 15 is 0 Å². The van der Waals surface area contributed by atoms with Gasteiger partial charge in [-0.1, -0.05) is 56.5 Å². The molecule has 0 bridgehead atoms. The summed E-state index contributed by atoms with van der Waals surface area (Å²) in [6, 6.07) is 9.40. The van der Waals surface area contributed by atoms with Crippen LogP contribution in [0.4, 0.5) is 4.79 Å². The lowest BCUT2D eigenvalue weighted by Gasteiger charge is -2.23. The first kappa shape index (κ1) is 21.4. The number of nitrogens with zero attached hydrogens (tertiary/aromatic N) is 1. The summed E-state index contributed by atoms with van der Waals surface area (Å²) in [7, 11) is 0. The summed E-state index contributed by atoms with van der Waals surface area (Å²) in [6.45, 7) is 2.22. The number of unbranched alkanes of at least 4 members (excludes halogenated alkanes) is 2. The zero-order chi connectivity index (χ0) is 19.2. The van der Waals surface area contributed by atoms with Crippen LogP contribution in [-0.4, -0.2) is 41.8 Å². The minimum absolute atomic E-state index is 0.110. The Morgan fingerprint density at radius 1 is 1.23 bits per heavy atom. The summed E-state index contributed by atoms with van der Waals surface area (Å²) >= 11 is 0. The number of carbonyl (C=O) groups excluding carboxylic acids is 2. The van der Waals surface area contributed by atoms with Crippen LogP contribution in [0.2, 0.25) is 0 Å². The maximum absolute atomic E-state index is 12.3. The summed E-state index contributed by atoms with van der Waals surface area (Å²) in [5.74, 6) is -0.789. The van der Waals surface area contributed by atoms with E-state index < -0.39 is 12.0 Å². The molecule has 0 aromatic heterocycles. The minimum Gasteiger partial charge on any atom is -0.465 e. The number of carboxylic acid groups (broad SMARTS) is 1. The average Bonchev–Trinajstić information content (AvgIpc) is 2.64. The van der Waals surface area contributed by atoms with Crippen LogP contribution in [0.1, 0.15) is 38.2 Å². The molecule has 1 aromatic carbocycles. The molecule has 144 valence electrons. The van der Waals surface area contributed by atoms with Crippen molar-refractivity contribution in [3.63, 3.8) is 0 Å². The zero-order valence-corrected chi connectivity index (χ0v) is 15.0. The van der Waals surface area contributed by atoms with Crippen molar-refractivity contribution >= 4 is 18.4 Å². The van der Waals surface area contributed by atoms with Crippen LogP contribution in [0, 0.1) is 5.92 Å². The summed E-state index contributed by atoms with van der Waals surface area (Å²) in [6.07, 6.45) is 2.75. The van der Waals surface area contributed by atoms with Crippen molar-refractivity contribution in [3.05, 3.63) is 35.9 Å². The summed E-state index contributed by atoms with van der Waals surface area (Å²) in [5.41, 5.74) is 0.914. The van der Waals surface area contributed by atoms with Crippen molar-refractivity contribution in [2.24, 2.45) is 5.92 Å². The Morgan fingerprint density at radius 2 is 1.96 bits per heavy atom. The Balaban J connectivity index is 2.57. The van der Waals surface area contributed by atoms with Crippen molar-refractivity contribution in [2.75, 3.05) is 13.2 Å². The van der Waals surface area contributed by atoms with E-state index in [2.05, 4.69) is 17.6 Å². The van der Waals surface area contributed by atoms with Gasteiger partial charge in [0.1, 0.15) is 6.61 Å². The molecule has 3 N–H and O–H groups in total. The third kappa shape index (κ3) is 9.03. The summed E-state index contributed by atoms with van der Waals surface area (Å²) in [5, 5.41) is 14.3. The molecule has 0 aliphatic carbocycles. The second-order valence-electron chi connectivity index (χ2n) is 5.86.